The number of carbonyl (C=O) groups excluding carboxylic acids is 3. The summed E-state index contributed by atoms with van der Waals surface area (Å²) in [6, 6.07) is 7.30. The third kappa shape index (κ3) is 7.09. The van der Waals surface area contributed by atoms with Crippen molar-refractivity contribution in [2.45, 2.75) is 72.0 Å². The van der Waals surface area contributed by atoms with Crippen LogP contribution in [0.3, 0.4) is 0 Å². The van der Waals surface area contributed by atoms with Gasteiger partial charge in [0.25, 0.3) is 0 Å². The molecule has 1 aromatic carbocycles. The van der Waals surface area contributed by atoms with Crippen LogP contribution in [0.2, 0.25) is 5.02 Å². The van der Waals surface area contributed by atoms with Crippen molar-refractivity contribution in [2.24, 2.45) is 0 Å². The number of aromatic nitrogens is 1. The first kappa shape index (κ1) is 25.4. The number of benzene rings is 1. The minimum atomic E-state index is -0.934. The van der Waals surface area contributed by atoms with E-state index >= 15 is 0 Å². The van der Waals surface area contributed by atoms with E-state index in [1.54, 1.807) is 37.3 Å². The van der Waals surface area contributed by atoms with E-state index in [9.17, 15) is 14.4 Å². The largest absolute Gasteiger partial charge is 0.360 e. The molecular weight excluding hydrogens is 432 g/mol. The second-order valence-electron chi connectivity index (χ2n) is 8.93. The number of halogens is 1. The summed E-state index contributed by atoms with van der Waals surface area (Å²) in [4.78, 5) is 40.3. The van der Waals surface area contributed by atoms with Crippen molar-refractivity contribution in [3.05, 3.63) is 46.7 Å². The van der Waals surface area contributed by atoms with Crippen molar-refractivity contribution in [3.8, 4) is 0 Å². The zero-order valence-corrected chi connectivity index (χ0v) is 20.1. The number of nitrogens with zero attached hydrogens (tertiary/aromatic N) is 2. The first-order valence-corrected chi connectivity index (χ1v) is 10.9. The monoisotopic (exact) mass is 462 g/mol. The number of aryl methyl sites for hydroxylation is 1. The molecule has 0 bridgehead atoms. The van der Waals surface area contributed by atoms with E-state index in [2.05, 4.69) is 15.8 Å². The van der Waals surface area contributed by atoms with Gasteiger partial charge in [-0.05, 0) is 47.6 Å². The van der Waals surface area contributed by atoms with Gasteiger partial charge in [0.2, 0.25) is 17.7 Å². The molecule has 2 rings (SSSR count). The number of amides is 3. The minimum absolute atomic E-state index is 0.0654. The normalized spacial score (nSPS) is 12.4. The Hall–Kier alpha value is -2.87. The Balaban J connectivity index is 2.24. The van der Waals surface area contributed by atoms with Crippen LogP contribution < -0.4 is 10.6 Å². The van der Waals surface area contributed by atoms with Crippen LogP contribution in [0, 0.1) is 6.92 Å². The zero-order valence-electron chi connectivity index (χ0n) is 19.4. The van der Waals surface area contributed by atoms with Crippen molar-refractivity contribution in [1.29, 1.82) is 0 Å². The average molecular weight is 463 g/mol. The third-order valence-corrected chi connectivity index (χ3v) is 4.87. The summed E-state index contributed by atoms with van der Waals surface area (Å²) in [5.41, 5.74) is 0.0261. The molecule has 32 heavy (non-hydrogen) atoms. The topological polar surface area (TPSA) is 105 Å². The van der Waals surface area contributed by atoms with Crippen LogP contribution >= 0.6 is 11.6 Å². The fraction of sp³-hybridized carbons (Fsp3) is 0.478. The van der Waals surface area contributed by atoms with Gasteiger partial charge in [-0.2, -0.15) is 0 Å². The fourth-order valence-corrected chi connectivity index (χ4v) is 3.50. The number of nitrogens with one attached hydrogen (secondary N) is 2. The van der Waals surface area contributed by atoms with E-state index in [4.69, 9.17) is 16.1 Å². The van der Waals surface area contributed by atoms with Crippen LogP contribution in [-0.4, -0.2) is 39.4 Å². The quantitative estimate of drug-likeness (QED) is 0.610. The summed E-state index contributed by atoms with van der Waals surface area (Å²) >= 11 is 6.41. The van der Waals surface area contributed by atoms with Crippen molar-refractivity contribution in [1.82, 2.24) is 15.4 Å². The Bertz CT molecular complexity index is 965. The zero-order chi connectivity index (χ0) is 24.1. The van der Waals surface area contributed by atoms with Gasteiger partial charge in [0.1, 0.15) is 11.8 Å². The maximum atomic E-state index is 13.3. The molecule has 1 heterocycles. The number of hydrogen-bond acceptors (Lipinski definition) is 5. The van der Waals surface area contributed by atoms with E-state index in [0.29, 0.717) is 22.2 Å². The summed E-state index contributed by atoms with van der Waals surface area (Å²) in [6.45, 7) is 11.0. The molecule has 0 radical (unpaired) electrons. The molecule has 2 aromatic rings. The highest BCUT2D eigenvalue weighted by Crippen LogP contribution is 2.31. The summed E-state index contributed by atoms with van der Waals surface area (Å²) in [6.07, 6.45) is -0.144. The third-order valence-electron chi connectivity index (χ3n) is 4.53. The van der Waals surface area contributed by atoms with Gasteiger partial charge < -0.3 is 20.1 Å². The minimum Gasteiger partial charge on any atom is -0.360 e. The highest BCUT2D eigenvalue weighted by Gasteiger charge is 2.35. The maximum Gasteiger partial charge on any atom is 0.247 e. The molecule has 1 atom stereocenters. The van der Waals surface area contributed by atoms with Crippen LogP contribution in [0.1, 0.15) is 64.8 Å². The number of rotatable bonds is 8. The highest BCUT2D eigenvalue weighted by molar-refractivity contribution is 6.31. The molecule has 0 aliphatic carbocycles. The van der Waals surface area contributed by atoms with Crippen LogP contribution in [0.25, 0.3) is 0 Å². The predicted octanol–water partition coefficient (Wildman–Crippen LogP) is 4.25. The van der Waals surface area contributed by atoms with Gasteiger partial charge >= 0.3 is 0 Å². The average Bonchev–Trinajstić information content (AvgIpc) is 3.07. The molecule has 1 aromatic heterocycles. The van der Waals surface area contributed by atoms with Gasteiger partial charge in [-0.15, -0.1) is 0 Å². The molecule has 8 nitrogen and oxygen atoms in total. The van der Waals surface area contributed by atoms with E-state index in [-0.39, 0.29) is 36.6 Å². The molecule has 0 fully saturated rings. The number of anilines is 1. The molecule has 0 aliphatic heterocycles. The Morgan fingerprint density at radius 1 is 1.16 bits per heavy atom. The Kier molecular flexibility index (Phi) is 8.44. The van der Waals surface area contributed by atoms with Crippen molar-refractivity contribution in [3.63, 3.8) is 0 Å². The van der Waals surface area contributed by atoms with Gasteiger partial charge in [0.05, 0.1) is 0 Å². The van der Waals surface area contributed by atoms with Gasteiger partial charge in [-0.1, -0.05) is 35.0 Å². The summed E-state index contributed by atoms with van der Waals surface area (Å²) in [5.74, 6) is -0.187. The number of hydrogen-bond donors (Lipinski definition) is 2. The second kappa shape index (κ2) is 10.6. The summed E-state index contributed by atoms with van der Waals surface area (Å²) < 4.78 is 4.92. The standard InChI is InChI=1S/C23H31ClN4O4/c1-14(2)28(20(30)12-11-19(29)25-18-13-15(3)32-27-18)21(22(31)26-23(4,5)6)16-9-7-8-10-17(16)24/h7-10,13-14,21H,11-12H2,1-6H3,(H,26,31)(H,25,27,29). The fourth-order valence-electron chi connectivity index (χ4n) is 3.26. The smallest absolute Gasteiger partial charge is 0.247 e. The lowest BCUT2D eigenvalue weighted by Crippen LogP contribution is -2.51. The van der Waals surface area contributed by atoms with E-state index in [1.807, 2.05) is 34.6 Å². The number of carbonyl (C=O) groups is 3. The van der Waals surface area contributed by atoms with Crippen molar-refractivity contribution in [2.75, 3.05) is 5.32 Å². The van der Waals surface area contributed by atoms with Gasteiger partial charge in [0.15, 0.2) is 5.82 Å². The highest BCUT2D eigenvalue weighted by atomic mass is 35.5. The molecule has 0 spiro atoms. The molecule has 9 heteroatoms. The lowest BCUT2D eigenvalue weighted by molar-refractivity contribution is -0.144. The summed E-state index contributed by atoms with van der Waals surface area (Å²) in [7, 11) is 0. The van der Waals surface area contributed by atoms with Crippen LogP contribution in [0.5, 0.6) is 0 Å². The first-order chi connectivity index (χ1) is 14.9. The lowest BCUT2D eigenvalue weighted by Gasteiger charge is -2.36. The molecule has 2 N–H and O–H groups in total. The van der Waals surface area contributed by atoms with Crippen molar-refractivity contribution >= 4 is 35.1 Å². The van der Waals surface area contributed by atoms with Crippen LogP contribution in [0.15, 0.2) is 34.9 Å². The SMILES string of the molecule is Cc1cc(NC(=O)CCC(=O)N(C(C)C)C(C(=O)NC(C)(C)C)c2ccccc2Cl)no1. The Labute approximate surface area is 193 Å². The molecular formula is C23H31ClN4O4. The van der Waals surface area contributed by atoms with Gasteiger partial charge in [0, 0.05) is 41.1 Å². The Morgan fingerprint density at radius 2 is 1.81 bits per heavy atom. The van der Waals surface area contributed by atoms with E-state index in [0.717, 1.165) is 0 Å². The lowest BCUT2D eigenvalue weighted by atomic mass is 9.99. The first-order valence-electron chi connectivity index (χ1n) is 10.5. The Morgan fingerprint density at radius 3 is 2.34 bits per heavy atom. The molecule has 174 valence electrons. The molecule has 0 saturated heterocycles. The van der Waals surface area contributed by atoms with Crippen LogP contribution in [0.4, 0.5) is 5.82 Å². The van der Waals surface area contributed by atoms with Crippen molar-refractivity contribution < 1.29 is 18.9 Å². The molecule has 0 saturated carbocycles. The molecule has 0 aliphatic rings. The van der Waals surface area contributed by atoms with Gasteiger partial charge in [-0.3, -0.25) is 14.4 Å². The van der Waals surface area contributed by atoms with Crippen LogP contribution in [-0.2, 0) is 14.4 Å². The summed E-state index contributed by atoms with van der Waals surface area (Å²) in [5, 5.41) is 9.64. The van der Waals surface area contributed by atoms with E-state index < -0.39 is 11.6 Å². The predicted molar refractivity (Wildman–Crippen MR) is 123 cm³/mol. The maximum absolute atomic E-state index is 13.3. The van der Waals surface area contributed by atoms with Gasteiger partial charge in [-0.25, -0.2) is 0 Å². The van der Waals surface area contributed by atoms with E-state index in [1.165, 1.54) is 4.90 Å². The molecule has 3 amide bonds. The molecule has 1 unspecified atom stereocenters. The second-order valence-corrected chi connectivity index (χ2v) is 9.34.